The van der Waals surface area contributed by atoms with Crippen LogP contribution in [0.5, 0.6) is 0 Å². The minimum Gasteiger partial charge on any atom is -0.323 e. The van der Waals surface area contributed by atoms with Gasteiger partial charge in [-0.05, 0) is 18.2 Å². The molecule has 0 unspecified atom stereocenters. The third kappa shape index (κ3) is 2.57. The lowest BCUT2D eigenvalue weighted by Crippen LogP contribution is -3.18. The number of imide groups is 1. The number of hydrogen-bond acceptors (Lipinski definition) is 3. The molecule has 1 N–H and O–H groups in total. The van der Waals surface area contributed by atoms with Gasteiger partial charge in [-0.2, -0.15) is 11.8 Å². The molecule has 1 aromatic rings. The van der Waals surface area contributed by atoms with Crippen LogP contribution in [-0.2, 0) is 9.59 Å². The second-order valence-electron chi connectivity index (χ2n) is 5.07. The molecular weight excluding hydrogens is 296 g/mol. The van der Waals surface area contributed by atoms with Crippen molar-refractivity contribution < 1.29 is 14.5 Å². The first kappa shape index (κ1) is 13.9. The summed E-state index contributed by atoms with van der Waals surface area (Å²) in [4.78, 5) is 27.3. The number of nitrogens with zero attached hydrogens (tertiary/aromatic N) is 1. The molecule has 2 aliphatic rings. The molecule has 20 heavy (non-hydrogen) atoms. The Morgan fingerprint density at radius 3 is 2.70 bits per heavy atom. The van der Waals surface area contributed by atoms with Crippen LogP contribution < -0.4 is 9.80 Å². The van der Waals surface area contributed by atoms with Crippen LogP contribution in [0.3, 0.4) is 0 Å². The fourth-order valence-corrected chi connectivity index (χ4v) is 4.02. The number of anilines is 1. The largest absolute Gasteiger partial charge is 0.323 e. The van der Waals surface area contributed by atoms with Gasteiger partial charge >= 0.3 is 0 Å². The minimum atomic E-state index is -0.220. The lowest BCUT2D eigenvalue weighted by molar-refractivity contribution is -0.911. The van der Waals surface area contributed by atoms with Crippen LogP contribution in [0.15, 0.2) is 24.3 Å². The highest BCUT2D eigenvalue weighted by Crippen LogP contribution is 2.24. The van der Waals surface area contributed by atoms with Crippen LogP contribution in [0, 0.1) is 0 Å². The fourth-order valence-electron chi connectivity index (χ4n) is 2.82. The van der Waals surface area contributed by atoms with E-state index >= 15 is 0 Å². The summed E-state index contributed by atoms with van der Waals surface area (Å²) >= 11 is 7.86. The molecule has 0 radical (unpaired) electrons. The maximum Gasteiger partial charge on any atom is 0.292 e. The van der Waals surface area contributed by atoms with E-state index in [1.165, 1.54) is 9.80 Å². The SMILES string of the molecule is O=C1C[C@@H]([NH+]2CCSCC2)C(=O)N1c1cccc(Cl)c1. The molecule has 2 heterocycles. The number of quaternary nitrogens is 1. The summed E-state index contributed by atoms with van der Waals surface area (Å²) in [6.45, 7) is 1.91. The van der Waals surface area contributed by atoms with E-state index in [-0.39, 0.29) is 17.9 Å². The van der Waals surface area contributed by atoms with E-state index in [0.717, 1.165) is 24.6 Å². The molecule has 2 amide bonds. The lowest BCUT2D eigenvalue weighted by Gasteiger charge is -2.27. The van der Waals surface area contributed by atoms with Gasteiger partial charge in [-0.1, -0.05) is 17.7 Å². The number of thioether (sulfide) groups is 1. The van der Waals surface area contributed by atoms with Crippen LogP contribution in [0.4, 0.5) is 5.69 Å². The summed E-state index contributed by atoms with van der Waals surface area (Å²) in [5.74, 6) is 1.92. The van der Waals surface area contributed by atoms with Crippen molar-refractivity contribution in [1.29, 1.82) is 0 Å². The molecule has 3 rings (SSSR count). The Bertz CT molecular complexity index is 546. The average molecular weight is 312 g/mol. The van der Waals surface area contributed by atoms with Gasteiger partial charge in [0.2, 0.25) is 5.91 Å². The topological polar surface area (TPSA) is 41.8 Å². The predicted octanol–water partition coefficient (Wildman–Crippen LogP) is 0.604. The Kier molecular flexibility index (Phi) is 4.01. The number of carbonyl (C=O) groups is 2. The van der Waals surface area contributed by atoms with Gasteiger partial charge in [0.05, 0.1) is 25.2 Å². The van der Waals surface area contributed by atoms with Gasteiger partial charge in [0.1, 0.15) is 0 Å². The van der Waals surface area contributed by atoms with Crippen molar-refractivity contribution in [2.75, 3.05) is 29.5 Å². The first-order valence-corrected chi connectivity index (χ1v) is 8.25. The van der Waals surface area contributed by atoms with Gasteiger partial charge in [-0.25, -0.2) is 4.90 Å². The summed E-state index contributed by atoms with van der Waals surface area (Å²) in [7, 11) is 0. The van der Waals surface area contributed by atoms with E-state index < -0.39 is 0 Å². The van der Waals surface area contributed by atoms with Crippen molar-refractivity contribution in [3.8, 4) is 0 Å². The van der Waals surface area contributed by atoms with Crippen molar-refractivity contribution >= 4 is 40.9 Å². The second kappa shape index (κ2) is 5.76. The van der Waals surface area contributed by atoms with Gasteiger partial charge in [-0.3, -0.25) is 9.59 Å². The quantitative estimate of drug-likeness (QED) is 0.814. The van der Waals surface area contributed by atoms with E-state index in [9.17, 15) is 9.59 Å². The number of carbonyl (C=O) groups excluding carboxylic acids is 2. The van der Waals surface area contributed by atoms with Crippen molar-refractivity contribution in [2.24, 2.45) is 0 Å². The highest BCUT2D eigenvalue weighted by Gasteiger charge is 2.45. The van der Waals surface area contributed by atoms with E-state index in [2.05, 4.69) is 0 Å². The number of nitrogens with one attached hydrogen (secondary N) is 1. The monoisotopic (exact) mass is 311 g/mol. The summed E-state index contributed by atoms with van der Waals surface area (Å²) in [6.07, 6.45) is 0.311. The molecule has 0 aliphatic carbocycles. The predicted molar refractivity (Wildman–Crippen MR) is 80.4 cm³/mol. The van der Waals surface area contributed by atoms with Crippen LogP contribution in [-0.4, -0.2) is 42.5 Å². The number of halogens is 1. The first-order chi connectivity index (χ1) is 9.66. The zero-order chi connectivity index (χ0) is 14.1. The molecule has 2 fully saturated rings. The molecule has 0 bridgehead atoms. The molecule has 0 aromatic heterocycles. The molecule has 2 saturated heterocycles. The number of rotatable bonds is 2. The zero-order valence-corrected chi connectivity index (χ0v) is 12.5. The van der Waals surface area contributed by atoms with E-state index in [1.54, 1.807) is 24.3 Å². The average Bonchev–Trinajstić information content (AvgIpc) is 2.75. The van der Waals surface area contributed by atoms with Crippen LogP contribution >= 0.6 is 23.4 Å². The number of benzene rings is 1. The molecule has 1 atom stereocenters. The molecular formula is C14H16ClN2O2S+. The third-order valence-corrected chi connectivity index (χ3v) is 5.06. The summed E-state index contributed by atoms with van der Waals surface area (Å²) < 4.78 is 0. The van der Waals surface area contributed by atoms with E-state index in [0.29, 0.717) is 17.1 Å². The summed E-state index contributed by atoms with van der Waals surface area (Å²) in [6, 6.07) is 6.70. The van der Waals surface area contributed by atoms with Gasteiger partial charge in [0.25, 0.3) is 5.91 Å². The standard InChI is InChI=1S/C14H15ClN2O2S/c15-10-2-1-3-11(8-10)17-13(18)9-12(14(17)19)16-4-6-20-7-5-16/h1-3,8,12H,4-7,9H2/p+1/t12-/m1/s1. The van der Waals surface area contributed by atoms with Crippen LogP contribution in [0.25, 0.3) is 0 Å². The molecule has 1 aromatic carbocycles. The minimum absolute atomic E-state index is 0.0841. The Hall–Kier alpha value is -1.04. The third-order valence-electron chi connectivity index (χ3n) is 3.84. The maximum absolute atomic E-state index is 12.6. The zero-order valence-electron chi connectivity index (χ0n) is 11.0. The number of amides is 2. The Morgan fingerprint density at radius 2 is 2.00 bits per heavy atom. The summed E-state index contributed by atoms with van der Waals surface area (Å²) in [5.41, 5.74) is 0.584. The van der Waals surface area contributed by atoms with Crippen molar-refractivity contribution in [1.82, 2.24) is 0 Å². The number of hydrogen-bond donors (Lipinski definition) is 1. The summed E-state index contributed by atoms with van der Waals surface area (Å²) in [5, 5.41) is 0.535. The van der Waals surface area contributed by atoms with Crippen molar-refractivity contribution in [3.63, 3.8) is 0 Å². The molecule has 2 aliphatic heterocycles. The maximum atomic E-state index is 12.6. The second-order valence-corrected chi connectivity index (χ2v) is 6.74. The Labute approximate surface area is 127 Å². The normalized spacial score (nSPS) is 24.4. The first-order valence-electron chi connectivity index (χ1n) is 6.71. The molecule has 4 nitrogen and oxygen atoms in total. The van der Waals surface area contributed by atoms with Gasteiger partial charge < -0.3 is 4.90 Å². The van der Waals surface area contributed by atoms with Crippen molar-refractivity contribution in [2.45, 2.75) is 12.5 Å². The Morgan fingerprint density at radius 1 is 1.25 bits per heavy atom. The highest BCUT2D eigenvalue weighted by molar-refractivity contribution is 7.99. The van der Waals surface area contributed by atoms with Crippen LogP contribution in [0.2, 0.25) is 5.02 Å². The van der Waals surface area contributed by atoms with Gasteiger partial charge in [0.15, 0.2) is 6.04 Å². The fraction of sp³-hybridized carbons (Fsp3) is 0.429. The Balaban J connectivity index is 1.83. The van der Waals surface area contributed by atoms with E-state index in [4.69, 9.17) is 11.6 Å². The van der Waals surface area contributed by atoms with Crippen LogP contribution in [0.1, 0.15) is 6.42 Å². The van der Waals surface area contributed by atoms with E-state index in [1.807, 2.05) is 11.8 Å². The van der Waals surface area contributed by atoms with Crippen molar-refractivity contribution in [3.05, 3.63) is 29.3 Å². The molecule has 0 spiro atoms. The molecule has 0 saturated carbocycles. The smallest absolute Gasteiger partial charge is 0.292 e. The van der Waals surface area contributed by atoms with Gasteiger partial charge in [0, 0.05) is 16.5 Å². The molecule has 6 heteroatoms. The van der Waals surface area contributed by atoms with Gasteiger partial charge in [-0.15, -0.1) is 0 Å². The molecule has 106 valence electrons. The lowest BCUT2D eigenvalue weighted by atomic mass is 10.2. The highest BCUT2D eigenvalue weighted by atomic mass is 35.5.